The maximum Gasteiger partial charge on any atom is 0.0752 e. The van der Waals surface area contributed by atoms with Crippen molar-refractivity contribution >= 4 is 11.3 Å². The molecule has 3 nitrogen and oxygen atoms in total. The van der Waals surface area contributed by atoms with Gasteiger partial charge in [0.15, 0.2) is 0 Å². The van der Waals surface area contributed by atoms with Crippen molar-refractivity contribution < 1.29 is 0 Å². The average molecular weight is 263 g/mol. The van der Waals surface area contributed by atoms with E-state index in [0.29, 0.717) is 5.92 Å². The van der Waals surface area contributed by atoms with Gasteiger partial charge in [-0.3, -0.25) is 4.68 Å². The second-order valence-electron chi connectivity index (χ2n) is 5.04. The fourth-order valence-electron chi connectivity index (χ4n) is 1.87. The molecule has 0 fully saturated rings. The van der Waals surface area contributed by atoms with E-state index in [1.807, 2.05) is 4.68 Å². The number of rotatable bonds is 6. The minimum Gasteiger partial charge on any atom is -0.312 e. The van der Waals surface area contributed by atoms with Gasteiger partial charge in [-0.05, 0) is 30.8 Å². The Morgan fingerprint density at radius 2 is 2.28 bits per heavy atom. The van der Waals surface area contributed by atoms with Gasteiger partial charge in [0.1, 0.15) is 0 Å². The molecular weight excluding hydrogens is 242 g/mol. The van der Waals surface area contributed by atoms with E-state index in [4.69, 9.17) is 0 Å². The molecule has 0 aliphatic carbocycles. The Kier molecular flexibility index (Phi) is 4.55. The molecule has 2 aromatic rings. The average Bonchev–Trinajstić information content (AvgIpc) is 2.90. The molecule has 0 radical (unpaired) electrons. The van der Waals surface area contributed by atoms with Gasteiger partial charge < -0.3 is 5.32 Å². The van der Waals surface area contributed by atoms with Gasteiger partial charge in [-0.1, -0.05) is 19.9 Å². The highest BCUT2D eigenvalue weighted by Gasteiger charge is 2.05. The third-order valence-corrected chi connectivity index (χ3v) is 3.68. The van der Waals surface area contributed by atoms with Crippen molar-refractivity contribution in [2.75, 3.05) is 6.54 Å². The summed E-state index contributed by atoms with van der Waals surface area (Å²) in [6, 6.07) is 4.24. The lowest BCUT2D eigenvalue weighted by atomic mass is 10.2. The van der Waals surface area contributed by atoms with Crippen LogP contribution in [-0.4, -0.2) is 16.3 Å². The van der Waals surface area contributed by atoms with Gasteiger partial charge in [0, 0.05) is 23.2 Å². The van der Waals surface area contributed by atoms with Crippen LogP contribution in [-0.2, 0) is 13.1 Å². The molecule has 1 N–H and O–H groups in total. The number of nitrogens with zero attached hydrogens (tertiary/aromatic N) is 2. The van der Waals surface area contributed by atoms with E-state index in [0.717, 1.165) is 25.3 Å². The Labute approximate surface area is 113 Å². The zero-order valence-electron chi connectivity index (χ0n) is 11.3. The summed E-state index contributed by atoms with van der Waals surface area (Å²) in [5, 5.41) is 10.1. The lowest BCUT2D eigenvalue weighted by molar-refractivity contribution is 0.551. The SMILES string of the molecule is Cc1nn(Cc2cccs2)cc1CNCC(C)C. The van der Waals surface area contributed by atoms with Crippen LogP contribution >= 0.6 is 11.3 Å². The van der Waals surface area contributed by atoms with Crippen molar-refractivity contribution in [3.63, 3.8) is 0 Å². The van der Waals surface area contributed by atoms with Gasteiger partial charge in [0.2, 0.25) is 0 Å². The first kappa shape index (κ1) is 13.3. The summed E-state index contributed by atoms with van der Waals surface area (Å²) in [5.41, 5.74) is 2.43. The van der Waals surface area contributed by atoms with Crippen LogP contribution in [0.5, 0.6) is 0 Å². The van der Waals surface area contributed by atoms with Gasteiger partial charge in [-0.25, -0.2) is 0 Å². The number of nitrogens with one attached hydrogen (secondary N) is 1. The summed E-state index contributed by atoms with van der Waals surface area (Å²) in [5.74, 6) is 0.687. The van der Waals surface area contributed by atoms with Gasteiger partial charge in [0.05, 0.1) is 12.2 Å². The van der Waals surface area contributed by atoms with Crippen molar-refractivity contribution in [2.45, 2.75) is 33.9 Å². The largest absolute Gasteiger partial charge is 0.312 e. The summed E-state index contributed by atoms with van der Waals surface area (Å²) < 4.78 is 2.04. The second-order valence-corrected chi connectivity index (χ2v) is 6.07. The lowest BCUT2D eigenvalue weighted by Crippen LogP contribution is -2.19. The first-order valence-corrected chi connectivity index (χ1v) is 7.29. The molecule has 18 heavy (non-hydrogen) atoms. The highest BCUT2D eigenvalue weighted by atomic mass is 32.1. The third-order valence-electron chi connectivity index (χ3n) is 2.81. The number of aryl methyl sites for hydroxylation is 1. The second kappa shape index (κ2) is 6.16. The van der Waals surface area contributed by atoms with Crippen LogP contribution in [0.15, 0.2) is 23.7 Å². The molecule has 0 amide bonds. The van der Waals surface area contributed by atoms with E-state index in [2.05, 4.69) is 54.9 Å². The van der Waals surface area contributed by atoms with Crippen LogP contribution in [0.2, 0.25) is 0 Å². The predicted octanol–water partition coefficient (Wildman–Crippen LogP) is 3.05. The number of hydrogen-bond acceptors (Lipinski definition) is 3. The summed E-state index contributed by atoms with van der Waals surface area (Å²) in [6.07, 6.45) is 2.16. The first-order chi connectivity index (χ1) is 8.65. The maximum atomic E-state index is 4.57. The monoisotopic (exact) mass is 263 g/mol. The van der Waals surface area contributed by atoms with Crippen LogP contribution in [0, 0.1) is 12.8 Å². The highest BCUT2D eigenvalue weighted by Crippen LogP contribution is 2.12. The normalized spacial score (nSPS) is 11.3. The molecule has 2 heterocycles. The van der Waals surface area contributed by atoms with E-state index in [-0.39, 0.29) is 0 Å². The Balaban J connectivity index is 1.94. The fraction of sp³-hybridized carbons (Fsp3) is 0.500. The number of thiophene rings is 1. The van der Waals surface area contributed by atoms with Crippen LogP contribution in [0.1, 0.15) is 30.0 Å². The predicted molar refractivity (Wildman–Crippen MR) is 76.9 cm³/mol. The summed E-state index contributed by atoms with van der Waals surface area (Å²) in [7, 11) is 0. The van der Waals surface area contributed by atoms with Crippen LogP contribution in [0.25, 0.3) is 0 Å². The third kappa shape index (κ3) is 3.68. The summed E-state index contributed by atoms with van der Waals surface area (Å²) in [6.45, 7) is 9.37. The summed E-state index contributed by atoms with van der Waals surface area (Å²) >= 11 is 1.78. The van der Waals surface area contributed by atoms with Crippen LogP contribution in [0.3, 0.4) is 0 Å². The van der Waals surface area contributed by atoms with Crippen molar-refractivity contribution in [1.29, 1.82) is 0 Å². The maximum absolute atomic E-state index is 4.57. The molecule has 4 heteroatoms. The van der Waals surface area contributed by atoms with Gasteiger partial charge in [0.25, 0.3) is 0 Å². The molecule has 0 aliphatic heterocycles. The van der Waals surface area contributed by atoms with Crippen molar-refractivity contribution in [1.82, 2.24) is 15.1 Å². The first-order valence-electron chi connectivity index (χ1n) is 6.41. The van der Waals surface area contributed by atoms with Crippen molar-refractivity contribution in [3.8, 4) is 0 Å². The molecule has 0 unspecified atom stereocenters. The van der Waals surface area contributed by atoms with Gasteiger partial charge >= 0.3 is 0 Å². The Hall–Kier alpha value is -1.13. The molecule has 0 aromatic carbocycles. The number of hydrogen-bond donors (Lipinski definition) is 1. The van der Waals surface area contributed by atoms with E-state index in [9.17, 15) is 0 Å². The minimum atomic E-state index is 0.687. The molecule has 0 spiro atoms. The molecule has 2 rings (SSSR count). The molecule has 0 atom stereocenters. The van der Waals surface area contributed by atoms with E-state index in [1.165, 1.54) is 10.4 Å². The molecule has 98 valence electrons. The number of aromatic nitrogens is 2. The zero-order chi connectivity index (χ0) is 13.0. The van der Waals surface area contributed by atoms with Gasteiger partial charge in [-0.2, -0.15) is 5.10 Å². The molecule has 0 aliphatic rings. The molecular formula is C14H21N3S. The van der Waals surface area contributed by atoms with E-state index in [1.54, 1.807) is 11.3 Å². The molecule has 2 aromatic heterocycles. The quantitative estimate of drug-likeness (QED) is 0.868. The topological polar surface area (TPSA) is 29.9 Å². The fourth-order valence-corrected chi connectivity index (χ4v) is 2.57. The van der Waals surface area contributed by atoms with Crippen molar-refractivity contribution in [3.05, 3.63) is 39.8 Å². The zero-order valence-corrected chi connectivity index (χ0v) is 12.1. The van der Waals surface area contributed by atoms with E-state index >= 15 is 0 Å². The highest BCUT2D eigenvalue weighted by molar-refractivity contribution is 7.09. The smallest absolute Gasteiger partial charge is 0.0752 e. The Morgan fingerprint density at radius 3 is 2.94 bits per heavy atom. The van der Waals surface area contributed by atoms with Gasteiger partial charge in [-0.15, -0.1) is 11.3 Å². The standard InChI is InChI=1S/C14H21N3S/c1-11(2)7-15-8-13-9-17(16-12(13)3)10-14-5-4-6-18-14/h4-6,9,11,15H,7-8,10H2,1-3H3. The van der Waals surface area contributed by atoms with Crippen LogP contribution in [0.4, 0.5) is 0 Å². The Morgan fingerprint density at radius 1 is 1.44 bits per heavy atom. The van der Waals surface area contributed by atoms with Crippen LogP contribution < -0.4 is 5.32 Å². The molecule has 0 bridgehead atoms. The molecule has 0 saturated heterocycles. The summed E-state index contributed by atoms with van der Waals surface area (Å²) in [4.78, 5) is 1.35. The lowest BCUT2D eigenvalue weighted by Gasteiger charge is -2.05. The Bertz CT molecular complexity index is 471. The van der Waals surface area contributed by atoms with E-state index < -0.39 is 0 Å². The molecule has 0 saturated carbocycles. The van der Waals surface area contributed by atoms with Crippen molar-refractivity contribution in [2.24, 2.45) is 5.92 Å². The minimum absolute atomic E-state index is 0.687.